The van der Waals surface area contributed by atoms with Gasteiger partial charge in [-0.3, -0.25) is 0 Å². The monoisotopic (exact) mass is 273 g/mol. The van der Waals surface area contributed by atoms with Crippen LogP contribution >= 0.6 is 0 Å². The highest BCUT2D eigenvalue weighted by molar-refractivity contribution is 6.05. The van der Waals surface area contributed by atoms with Crippen molar-refractivity contribution in [2.45, 2.75) is 20.3 Å². The Morgan fingerprint density at radius 1 is 1.40 bits per heavy atom. The van der Waals surface area contributed by atoms with Gasteiger partial charge in [-0.15, -0.1) is 0 Å². The van der Waals surface area contributed by atoms with Gasteiger partial charge in [0.05, 0.1) is 17.7 Å². The molecule has 0 spiro atoms. The zero-order valence-corrected chi connectivity index (χ0v) is 11.6. The Morgan fingerprint density at radius 2 is 2.05 bits per heavy atom. The summed E-state index contributed by atoms with van der Waals surface area (Å²) in [6.07, 6.45) is 0.583. The van der Waals surface area contributed by atoms with E-state index in [1.54, 1.807) is 13.0 Å². The standard InChI is InChI=1S/C16H16FNO2/c1-5-12-7-13(9-18)15(17)8-14(12)10(3)11(4)16(19)20-6-2/h7-8H,3-6H2,1-2H3. The van der Waals surface area contributed by atoms with E-state index in [2.05, 4.69) is 13.2 Å². The Balaban J connectivity index is 3.23. The molecule has 1 aromatic rings. The van der Waals surface area contributed by atoms with Crippen LogP contribution in [0.25, 0.3) is 5.57 Å². The maximum atomic E-state index is 13.7. The second-order valence-electron chi connectivity index (χ2n) is 4.13. The summed E-state index contributed by atoms with van der Waals surface area (Å²) >= 11 is 0. The molecule has 1 aromatic carbocycles. The lowest BCUT2D eigenvalue weighted by atomic mass is 9.93. The minimum Gasteiger partial charge on any atom is -0.462 e. The second-order valence-corrected chi connectivity index (χ2v) is 4.13. The number of ether oxygens (including phenoxy) is 1. The van der Waals surface area contributed by atoms with Gasteiger partial charge in [0, 0.05) is 0 Å². The van der Waals surface area contributed by atoms with E-state index in [0.717, 1.165) is 5.56 Å². The first-order valence-corrected chi connectivity index (χ1v) is 6.24. The van der Waals surface area contributed by atoms with Crippen molar-refractivity contribution < 1.29 is 13.9 Å². The molecule has 0 atom stereocenters. The topological polar surface area (TPSA) is 50.1 Å². The van der Waals surface area contributed by atoms with Gasteiger partial charge in [-0.25, -0.2) is 9.18 Å². The summed E-state index contributed by atoms with van der Waals surface area (Å²) in [6, 6.07) is 4.47. The molecule has 104 valence electrons. The first kappa shape index (κ1) is 15.6. The second kappa shape index (κ2) is 6.67. The molecule has 4 heteroatoms. The van der Waals surface area contributed by atoms with Crippen molar-refractivity contribution in [1.29, 1.82) is 5.26 Å². The summed E-state index contributed by atoms with van der Waals surface area (Å²) in [4.78, 5) is 11.6. The van der Waals surface area contributed by atoms with E-state index >= 15 is 0 Å². The number of esters is 1. The van der Waals surface area contributed by atoms with Crippen molar-refractivity contribution in [3.63, 3.8) is 0 Å². The molecule has 0 bridgehead atoms. The normalized spacial score (nSPS) is 9.70. The molecule has 0 saturated carbocycles. The molecular weight excluding hydrogens is 257 g/mol. The number of benzene rings is 1. The van der Waals surface area contributed by atoms with Crippen LogP contribution in [0.15, 0.2) is 30.9 Å². The maximum absolute atomic E-state index is 13.7. The third-order valence-electron chi connectivity index (χ3n) is 2.91. The Hall–Kier alpha value is -2.41. The van der Waals surface area contributed by atoms with Gasteiger partial charge < -0.3 is 4.74 Å². The molecule has 0 amide bonds. The van der Waals surface area contributed by atoms with E-state index in [9.17, 15) is 9.18 Å². The Bertz CT molecular complexity index is 612. The van der Waals surface area contributed by atoms with Gasteiger partial charge in [-0.05, 0) is 42.2 Å². The molecule has 0 radical (unpaired) electrons. The SMILES string of the molecule is C=C(C(=C)c1cc(F)c(C#N)cc1CC)C(=O)OCC. The lowest BCUT2D eigenvalue weighted by Crippen LogP contribution is -2.09. The average molecular weight is 273 g/mol. The number of nitriles is 1. The van der Waals surface area contributed by atoms with Crippen molar-refractivity contribution in [2.24, 2.45) is 0 Å². The predicted molar refractivity (Wildman–Crippen MR) is 75.3 cm³/mol. The van der Waals surface area contributed by atoms with Crippen LogP contribution < -0.4 is 0 Å². The van der Waals surface area contributed by atoms with Crippen LogP contribution in [0.5, 0.6) is 0 Å². The summed E-state index contributed by atoms with van der Waals surface area (Å²) in [6.45, 7) is 11.2. The molecular formula is C16H16FNO2. The average Bonchev–Trinajstić information content (AvgIpc) is 2.45. The highest BCUT2D eigenvalue weighted by Crippen LogP contribution is 2.27. The number of carbonyl (C=O) groups is 1. The van der Waals surface area contributed by atoms with Crippen molar-refractivity contribution >= 4 is 11.5 Å². The van der Waals surface area contributed by atoms with Crippen LogP contribution in [0.1, 0.15) is 30.5 Å². The molecule has 0 aliphatic rings. The number of carbonyl (C=O) groups excluding carboxylic acids is 1. The van der Waals surface area contributed by atoms with Crippen molar-refractivity contribution in [2.75, 3.05) is 6.61 Å². The Morgan fingerprint density at radius 3 is 2.55 bits per heavy atom. The van der Waals surface area contributed by atoms with Crippen LogP contribution in [0.2, 0.25) is 0 Å². The smallest absolute Gasteiger partial charge is 0.338 e. The molecule has 0 fully saturated rings. The molecule has 3 nitrogen and oxygen atoms in total. The van der Waals surface area contributed by atoms with Gasteiger partial charge in [-0.2, -0.15) is 5.26 Å². The highest BCUT2D eigenvalue weighted by atomic mass is 19.1. The van der Waals surface area contributed by atoms with E-state index in [4.69, 9.17) is 10.00 Å². The quantitative estimate of drug-likeness (QED) is 0.469. The summed E-state index contributed by atoms with van der Waals surface area (Å²) in [7, 11) is 0. The van der Waals surface area contributed by atoms with Crippen LogP contribution in [0, 0.1) is 17.1 Å². The lowest BCUT2D eigenvalue weighted by Gasteiger charge is -2.13. The minimum atomic E-state index is -0.641. The molecule has 1 rings (SSSR count). The molecule has 0 saturated heterocycles. The number of halogens is 1. The molecule has 0 N–H and O–H groups in total. The van der Waals surface area contributed by atoms with Gasteiger partial charge >= 0.3 is 5.97 Å². The summed E-state index contributed by atoms with van der Waals surface area (Å²) in [5.74, 6) is -1.22. The van der Waals surface area contributed by atoms with E-state index in [-0.39, 0.29) is 17.7 Å². The number of nitrogens with zero attached hydrogens (tertiary/aromatic N) is 1. The zero-order valence-electron chi connectivity index (χ0n) is 11.6. The first-order chi connectivity index (χ1) is 9.46. The summed E-state index contributed by atoms with van der Waals surface area (Å²) in [5.41, 5.74) is 1.58. The summed E-state index contributed by atoms with van der Waals surface area (Å²) in [5, 5.41) is 8.83. The molecule has 0 unspecified atom stereocenters. The van der Waals surface area contributed by atoms with Crippen LogP contribution in [-0.4, -0.2) is 12.6 Å². The highest BCUT2D eigenvalue weighted by Gasteiger charge is 2.17. The molecule has 0 aliphatic heterocycles. The van der Waals surface area contributed by atoms with E-state index in [1.807, 2.05) is 6.92 Å². The minimum absolute atomic E-state index is 0.0276. The van der Waals surface area contributed by atoms with Gasteiger partial charge in [-0.1, -0.05) is 20.1 Å². The van der Waals surface area contributed by atoms with E-state index < -0.39 is 11.8 Å². The van der Waals surface area contributed by atoms with Crippen LogP contribution in [0.3, 0.4) is 0 Å². The van der Waals surface area contributed by atoms with Crippen molar-refractivity contribution in [1.82, 2.24) is 0 Å². The predicted octanol–water partition coefficient (Wildman–Crippen LogP) is 3.39. The number of hydrogen-bond acceptors (Lipinski definition) is 3. The fourth-order valence-corrected chi connectivity index (χ4v) is 1.78. The maximum Gasteiger partial charge on any atom is 0.338 e. The van der Waals surface area contributed by atoms with E-state index in [1.165, 1.54) is 12.1 Å². The van der Waals surface area contributed by atoms with Gasteiger partial charge in [0.15, 0.2) is 0 Å². The third kappa shape index (κ3) is 3.12. The zero-order chi connectivity index (χ0) is 15.3. The van der Waals surface area contributed by atoms with E-state index in [0.29, 0.717) is 17.6 Å². The molecule has 20 heavy (non-hydrogen) atoms. The third-order valence-corrected chi connectivity index (χ3v) is 2.91. The lowest BCUT2D eigenvalue weighted by molar-refractivity contribution is -0.137. The Kier molecular flexibility index (Phi) is 5.22. The van der Waals surface area contributed by atoms with Crippen molar-refractivity contribution in [3.8, 4) is 6.07 Å². The van der Waals surface area contributed by atoms with Crippen molar-refractivity contribution in [3.05, 3.63) is 53.4 Å². The first-order valence-electron chi connectivity index (χ1n) is 6.24. The fraction of sp³-hybridized carbons (Fsp3) is 0.250. The van der Waals surface area contributed by atoms with Gasteiger partial charge in [0.25, 0.3) is 0 Å². The van der Waals surface area contributed by atoms with Crippen LogP contribution in [0.4, 0.5) is 4.39 Å². The van der Waals surface area contributed by atoms with Gasteiger partial charge in [0.1, 0.15) is 11.9 Å². The van der Waals surface area contributed by atoms with Crippen LogP contribution in [-0.2, 0) is 16.0 Å². The number of hydrogen-bond donors (Lipinski definition) is 0. The molecule has 0 aromatic heterocycles. The number of aryl methyl sites for hydroxylation is 1. The molecule has 0 heterocycles. The largest absolute Gasteiger partial charge is 0.462 e. The number of rotatable bonds is 5. The Labute approximate surface area is 118 Å². The summed E-state index contributed by atoms with van der Waals surface area (Å²) < 4.78 is 18.6. The fourth-order valence-electron chi connectivity index (χ4n) is 1.78. The molecule has 0 aliphatic carbocycles. The van der Waals surface area contributed by atoms with Gasteiger partial charge in [0.2, 0.25) is 0 Å².